The first kappa shape index (κ1) is 17.5. The van der Waals surface area contributed by atoms with Crippen LogP contribution in [0.5, 0.6) is 5.75 Å². The third kappa shape index (κ3) is 5.35. The van der Waals surface area contributed by atoms with Crippen LogP contribution in [0.25, 0.3) is 0 Å². The number of aryl methyl sites for hydroxylation is 1. The molecule has 0 unspecified atom stereocenters. The molecule has 3 N–H and O–H groups in total. The Hall–Kier alpha value is -1.60. The van der Waals surface area contributed by atoms with Crippen LogP contribution >= 0.6 is 0 Å². The number of nitrogens with two attached hydrogens (primary N) is 1. The monoisotopic (exact) mass is 314 g/mol. The molecular formula is C14H22N2O4S. The Balaban J connectivity index is 2.78. The zero-order valence-corrected chi connectivity index (χ0v) is 13.4. The number of amides is 1. The Morgan fingerprint density at radius 2 is 1.95 bits per heavy atom. The van der Waals surface area contributed by atoms with Crippen molar-refractivity contribution in [3.63, 3.8) is 0 Å². The molecule has 0 spiro atoms. The molecule has 21 heavy (non-hydrogen) atoms. The van der Waals surface area contributed by atoms with E-state index in [2.05, 4.69) is 5.32 Å². The number of benzene rings is 1. The minimum atomic E-state index is -3.89. The maximum Gasteiger partial charge on any atom is 0.258 e. The Bertz CT molecular complexity index is 595. The molecule has 0 saturated heterocycles. The topological polar surface area (TPSA) is 98.5 Å². The van der Waals surface area contributed by atoms with E-state index < -0.39 is 10.0 Å². The minimum absolute atomic E-state index is 0.0859. The number of carbonyl (C=O) groups is 1. The van der Waals surface area contributed by atoms with E-state index in [4.69, 9.17) is 9.88 Å². The Morgan fingerprint density at radius 1 is 1.33 bits per heavy atom. The number of carbonyl (C=O) groups excluding carboxylic acids is 1. The molecule has 0 aromatic heterocycles. The standard InChI is InChI=1S/C14H22N2O4S/c1-4-11(5-2)16-14(17)9-20-12-7-6-10(3)8-13(12)21(15,18)19/h6-8,11H,4-5,9H2,1-3H3,(H,16,17)(H2,15,18,19). The van der Waals surface area contributed by atoms with Crippen molar-refractivity contribution in [2.75, 3.05) is 6.61 Å². The van der Waals surface area contributed by atoms with Crippen molar-refractivity contribution in [3.05, 3.63) is 23.8 Å². The summed E-state index contributed by atoms with van der Waals surface area (Å²) in [5.74, 6) is -0.201. The fraction of sp³-hybridized carbons (Fsp3) is 0.500. The summed E-state index contributed by atoms with van der Waals surface area (Å²) in [4.78, 5) is 11.6. The van der Waals surface area contributed by atoms with Gasteiger partial charge >= 0.3 is 0 Å². The summed E-state index contributed by atoms with van der Waals surface area (Å²) >= 11 is 0. The van der Waals surface area contributed by atoms with Gasteiger partial charge in [-0.1, -0.05) is 19.9 Å². The number of hydrogen-bond acceptors (Lipinski definition) is 4. The smallest absolute Gasteiger partial charge is 0.258 e. The number of ether oxygens (including phenoxy) is 1. The van der Waals surface area contributed by atoms with Crippen LogP contribution in [0, 0.1) is 6.92 Å². The second kappa shape index (κ2) is 7.42. The molecule has 0 bridgehead atoms. The largest absolute Gasteiger partial charge is 0.482 e. The summed E-state index contributed by atoms with van der Waals surface area (Å²) in [7, 11) is -3.89. The molecule has 6 nitrogen and oxygen atoms in total. The van der Waals surface area contributed by atoms with Crippen LogP contribution in [-0.2, 0) is 14.8 Å². The molecule has 0 aliphatic carbocycles. The summed E-state index contributed by atoms with van der Waals surface area (Å²) < 4.78 is 28.3. The number of rotatable bonds is 7. The van der Waals surface area contributed by atoms with Crippen LogP contribution in [0.1, 0.15) is 32.3 Å². The normalized spacial score (nSPS) is 11.5. The van der Waals surface area contributed by atoms with Gasteiger partial charge in [0.2, 0.25) is 10.0 Å². The van der Waals surface area contributed by atoms with Gasteiger partial charge in [0.15, 0.2) is 6.61 Å². The zero-order valence-electron chi connectivity index (χ0n) is 12.5. The van der Waals surface area contributed by atoms with Gasteiger partial charge in [0.1, 0.15) is 10.6 Å². The molecule has 0 fully saturated rings. The number of sulfonamides is 1. The van der Waals surface area contributed by atoms with Gasteiger partial charge in [-0.2, -0.15) is 0 Å². The first-order valence-electron chi connectivity index (χ1n) is 6.83. The lowest BCUT2D eigenvalue weighted by atomic mass is 10.2. The quantitative estimate of drug-likeness (QED) is 0.793. The van der Waals surface area contributed by atoms with E-state index >= 15 is 0 Å². The van der Waals surface area contributed by atoms with Crippen molar-refractivity contribution in [1.29, 1.82) is 0 Å². The highest BCUT2D eigenvalue weighted by atomic mass is 32.2. The van der Waals surface area contributed by atoms with Crippen LogP contribution in [0.3, 0.4) is 0 Å². The van der Waals surface area contributed by atoms with Crippen LogP contribution < -0.4 is 15.2 Å². The van der Waals surface area contributed by atoms with Crippen molar-refractivity contribution in [3.8, 4) is 5.75 Å². The van der Waals surface area contributed by atoms with E-state index in [0.29, 0.717) is 0 Å². The summed E-state index contributed by atoms with van der Waals surface area (Å²) in [5.41, 5.74) is 0.743. The number of hydrogen-bond donors (Lipinski definition) is 2. The molecule has 0 atom stereocenters. The molecule has 1 rings (SSSR count). The van der Waals surface area contributed by atoms with Crippen LogP contribution in [-0.4, -0.2) is 27.0 Å². The van der Waals surface area contributed by atoms with Gasteiger partial charge in [-0.3, -0.25) is 4.79 Å². The molecule has 7 heteroatoms. The molecule has 1 aromatic rings. The van der Waals surface area contributed by atoms with Crippen LogP contribution in [0.2, 0.25) is 0 Å². The molecule has 1 amide bonds. The van der Waals surface area contributed by atoms with Crippen molar-refractivity contribution < 1.29 is 17.9 Å². The van der Waals surface area contributed by atoms with E-state index in [1.165, 1.54) is 12.1 Å². The fourth-order valence-electron chi connectivity index (χ4n) is 1.86. The molecule has 0 radical (unpaired) electrons. The van der Waals surface area contributed by atoms with Gasteiger partial charge in [-0.15, -0.1) is 0 Å². The van der Waals surface area contributed by atoms with Gasteiger partial charge in [-0.25, -0.2) is 13.6 Å². The first-order valence-corrected chi connectivity index (χ1v) is 8.38. The molecule has 118 valence electrons. The number of nitrogens with one attached hydrogen (secondary N) is 1. The Morgan fingerprint density at radius 3 is 2.48 bits per heavy atom. The van der Waals surface area contributed by atoms with Crippen molar-refractivity contribution in [2.24, 2.45) is 5.14 Å². The van der Waals surface area contributed by atoms with Crippen molar-refractivity contribution in [1.82, 2.24) is 5.32 Å². The SMILES string of the molecule is CCC(CC)NC(=O)COc1ccc(C)cc1S(N)(=O)=O. The van der Waals surface area contributed by atoms with Gasteiger partial charge in [0, 0.05) is 6.04 Å². The minimum Gasteiger partial charge on any atom is -0.482 e. The summed E-state index contributed by atoms with van der Waals surface area (Å²) in [5, 5.41) is 7.96. The van der Waals surface area contributed by atoms with Gasteiger partial charge in [0.05, 0.1) is 0 Å². The van der Waals surface area contributed by atoms with E-state index in [1.54, 1.807) is 13.0 Å². The van der Waals surface area contributed by atoms with E-state index in [-0.39, 0.29) is 29.2 Å². The molecule has 0 aliphatic heterocycles. The van der Waals surface area contributed by atoms with Gasteiger partial charge < -0.3 is 10.1 Å². The Labute approximate surface area is 125 Å². The van der Waals surface area contributed by atoms with Gasteiger partial charge in [0.25, 0.3) is 5.91 Å². The Kier molecular flexibility index (Phi) is 6.17. The highest BCUT2D eigenvalue weighted by molar-refractivity contribution is 7.89. The molecule has 1 aromatic carbocycles. The van der Waals surface area contributed by atoms with Crippen molar-refractivity contribution >= 4 is 15.9 Å². The average molecular weight is 314 g/mol. The van der Waals surface area contributed by atoms with Gasteiger partial charge in [-0.05, 0) is 37.5 Å². The average Bonchev–Trinajstić information content (AvgIpc) is 2.42. The first-order chi connectivity index (χ1) is 9.77. The summed E-state index contributed by atoms with van der Waals surface area (Å²) in [6.07, 6.45) is 1.66. The lowest BCUT2D eigenvalue weighted by Gasteiger charge is -2.15. The lowest BCUT2D eigenvalue weighted by molar-refractivity contribution is -0.123. The molecule has 0 saturated carbocycles. The van der Waals surface area contributed by atoms with Crippen molar-refractivity contribution in [2.45, 2.75) is 44.6 Å². The highest BCUT2D eigenvalue weighted by Crippen LogP contribution is 2.23. The van der Waals surface area contributed by atoms with E-state index in [9.17, 15) is 13.2 Å². The highest BCUT2D eigenvalue weighted by Gasteiger charge is 2.17. The number of primary sulfonamides is 1. The molecule has 0 aliphatic rings. The molecular weight excluding hydrogens is 292 g/mol. The van der Waals surface area contributed by atoms with Crippen LogP contribution in [0.4, 0.5) is 0 Å². The molecule has 0 heterocycles. The third-order valence-electron chi connectivity index (χ3n) is 3.12. The maximum absolute atomic E-state index is 11.8. The predicted octanol–water partition coefficient (Wildman–Crippen LogP) is 1.33. The maximum atomic E-state index is 11.8. The summed E-state index contributed by atoms with van der Waals surface area (Å²) in [6, 6.07) is 4.71. The summed E-state index contributed by atoms with van der Waals surface area (Å²) in [6.45, 7) is 5.46. The van der Waals surface area contributed by atoms with Crippen LogP contribution in [0.15, 0.2) is 23.1 Å². The lowest BCUT2D eigenvalue weighted by Crippen LogP contribution is -2.37. The predicted molar refractivity (Wildman–Crippen MR) is 80.6 cm³/mol. The third-order valence-corrected chi connectivity index (χ3v) is 4.05. The second-order valence-electron chi connectivity index (χ2n) is 4.86. The second-order valence-corrected chi connectivity index (χ2v) is 6.39. The fourth-order valence-corrected chi connectivity index (χ4v) is 2.62. The zero-order chi connectivity index (χ0) is 16.0. The van der Waals surface area contributed by atoms with E-state index in [0.717, 1.165) is 18.4 Å². The van der Waals surface area contributed by atoms with E-state index in [1.807, 2.05) is 13.8 Å².